The van der Waals surface area contributed by atoms with Gasteiger partial charge in [-0.2, -0.15) is 26.3 Å². The highest BCUT2D eigenvalue weighted by Gasteiger charge is 2.57. The molecule has 13 heteroatoms. The van der Waals surface area contributed by atoms with Crippen LogP contribution in [0.1, 0.15) is 17.2 Å². The lowest BCUT2D eigenvalue weighted by Crippen LogP contribution is -2.67. The zero-order chi connectivity index (χ0) is 25.9. The number of ether oxygens (including phenoxy) is 2. The fourth-order valence-corrected chi connectivity index (χ4v) is 3.90. The predicted molar refractivity (Wildman–Crippen MR) is 111 cm³/mol. The van der Waals surface area contributed by atoms with Crippen molar-refractivity contribution in [2.75, 3.05) is 19.6 Å². The van der Waals surface area contributed by atoms with Crippen molar-refractivity contribution in [3.8, 4) is 0 Å². The zero-order valence-corrected chi connectivity index (χ0v) is 18.6. The Kier molecular flexibility index (Phi) is 7.97. The van der Waals surface area contributed by atoms with Crippen LogP contribution in [-0.4, -0.2) is 54.7 Å². The number of piperazine rings is 1. The highest BCUT2D eigenvalue weighted by molar-refractivity contribution is 6.31. The second kappa shape index (κ2) is 10.4. The minimum absolute atomic E-state index is 0.0153. The van der Waals surface area contributed by atoms with Crippen molar-refractivity contribution in [2.24, 2.45) is 0 Å². The van der Waals surface area contributed by atoms with E-state index in [0.717, 1.165) is 4.90 Å². The largest absolute Gasteiger partial charge is 0.491 e. The molecule has 0 amide bonds. The molecule has 3 rings (SSSR count). The first-order valence-electron chi connectivity index (χ1n) is 10.2. The van der Waals surface area contributed by atoms with Gasteiger partial charge in [0.25, 0.3) is 0 Å². The standard InChI is InChI=1S/C22H19ClF6N2O4/c23-16-9-5-4-8-15(16)12-17(14-6-2-1-3-7-14)31-11-10-30-13-20(31,34-18(32)21(24,25)26)35-19(33)22(27,28)29/h1-9,17,30H,10-13H2. The van der Waals surface area contributed by atoms with Crippen LogP contribution >= 0.6 is 11.6 Å². The lowest BCUT2D eigenvalue weighted by atomic mass is 9.96. The highest BCUT2D eigenvalue weighted by Crippen LogP contribution is 2.38. The van der Waals surface area contributed by atoms with Crippen LogP contribution in [0.5, 0.6) is 0 Å². The van der Waals surface area contributed by atoms with Crippen LogP contribution in [0, 0.1) is 0 Å². The van der Waals surface area contributed by atoms with Crippen molar-refractivity contribution in [3.05, 3.63) is 70.7 Å². The molecule has 35 heavy (non-hydrogen) atoms. The molecule has 2 aromatic rings. The molecule has 0 aromatic heterocycles. The maximum Gasteiger partial charge on any atom is 0.491 e. The molecule has 2 aromatic carbocycles. The van der Waals surface area contributed by atoms with Crippen molar-refractivity contribution >= 4 is 23.5 Å². The average molecular weight is 525 g/mol. The quantitative estimate of drug-likeness (QED) is 0.343. The van der Waals surface area contributed by atoms with Crippen molar-refractivity contribution in [1.82, 2.24) is 10.2 Å². The summed E-state index contributed by atoms with van der Waals surface area (Å²) in [5, 5.41) is 2.84. The van der Waals surface area contributed by atoms with E-state index in [1.54, 1.807) is 54.6 Å². The number of esters is 2. The van der Waals surface area contributed by atoms with Crippen LogP contribution in [0.4, 0.5) is 26.3 Å². The summed E-state index contributed by atoms with van der Waals surface area (Å²) in [5.41, 5.74) is 0.963. The normalized spacial score (nSPS) is 17.5. The molecule has 0 spiro atoms. The molecule has 1 heterocycles. The Labute approximate surface area is 200 Å². The first-order valence-corrected chi connectivity index (χ1v) is 10.6. The van der Waals surface area contributed by atoms with E-state index >= 15 is 0 Å². The number of halogens is 7. The number of hydrogen-bond donors (Lipinski definition) is 1. The number of rotatable bonds is 6. The fourth-order valence-electron chi connectivity index (χ4n) is 3.68. The predicted octanol–water partition coefficient (Wildman–Crippen LogP) is 4.39. The van der Waals surface area contributed by atoms with Crippen LogP contribution in [0.15, 0.2) is 54.6 Å². The first-order chi connectivity index (χ1) is 16.3. The molecule has 0 aliphatic carbocycles. The third kappa shape index (κ3) is 6.44. The van der Waals surface area contributed by atoms with Gasteiger partial charge in [-0.3, -0.25) is 0 Å². The Hall–Kier alpha value is -2.83. The van der Waals surface area contributed by atoms with Crippen molar-refractivity contribution < 1.29 is 45.4 Å². The number of carbonyl (C=O) groups is 2. The fraction of sp³-hybridized carbons (Fsp3) is 0.364. The van der Waals surface area contributed by atoms with Crippen LogP contribution in [0.2, 0.25) is 5.02 Å². The minimum Gasteiger partial charge on any atom is -0.400 e. The van der Waals surface area contributed by atoms with Gasteiger partial charge in [0, 0.05) is 24.2 Å². The van der Waals surface area contributed by atoms with E-state index in [9.17, 15) is 35.9 Å². The lowest BCUT2D eigenvalue weighted by Gasteiger charge is -2.48. The first kappa shape index (κ1) is 26.8. The van der Waals surface area contributed by atoms with Crippen molar-refractivity contribution in [3.63, 3.8) is 0 Å². The molecule has 1 aliphatic heterocycles. The van der Waals surface area contributed by atoms with Gasteiger partial charge in [0.2, 0.25) is 0 Å². The van der Waals surface area contributed by atoms with E-state index in [0.29, 0.717) is 16.1 Å². The molecule has 1 atom stereocenters. The van der Waals surface area contributed by atoms with Gasteiger partial charge in [-0.05, 0) is 23.6 Å². The number of nitrogens with one attached hydrogen (secondary N) is 1. The lowest BCUT2D eigenvalue weighted by molar-refractivity contribution is -0.326. The van der Waals surface area contributed by atoms with E-state index in [-0.39, 0.29) is 19.5 Å². The summed E-state index contributed by atoms with van der Waals surface area (Å²) in [7, 11) is 0. The van der Waals surface area contributed by atoms with Crippen molar-refractivity contribution in [1.29, 1.82) is 0 Å². The van der Waals surface area contributed by atoms with Crippen molar-refractivity contribution in [2.45, 2.75) is 30.7 Å². The molecule has 1 fully saturated rings. The monoisotopic (exact) mass is 524 g/mol. The Morgan fingerprint density at radius 1 is 0.943 bits per heavy atom. The van der Waals surface area contributed by atoms with Crippen LogP contribution in [0.3, 0.4) is 0 Å². The van der Waals surface area contributed by atoms with Gasteiger partial charge in [0.1, 0.15) is 0 Å². The Bertz CT molecular complexity index is 1020. The maximum atomic E-state index is 13.1. The summed E-state index contributed by atoms with van der Waals surface area (Å²) in [6.07, 6.45) is -11.1. The van der Waals surface area contributed by atoms with Gasteiger partial charge in [0.05, 0.1) is 6.54 Å². The molecular weight excluding hydrogens is 506 g/mol. The Morgan fingerprint density at radius 2 is 1.49 bits per heavy atom. The topological polar surface area (TPSA) is 67.9 Å². The minimum atomic E-state index is -5.56. The summed E-state index contributed by atoms with van der Waals surface area (Å²) in [6.45, 7) is -0.997. The van der Waals surface area contributed by atoms with Crippen LogP contribution in [0.25, 0.3) is 0 Å². The van der Waals surface area contributed by atoms with E-state index in [1.165, 1.54) is 0 Å². The number of alkyl halides is 6. The molecular formula is C22H19ClF6N2O4. The summed E-state index contributed by atoms with van der Waals surface area (Å²) in [6, 6.07) is 13.6. The Balaban J connectivity index is 2.13. The highest BCUT2D eigenvalue weighted by atomic mass is 35.5. The SMILES string of the molecule is O=C(OC1(OC(=O)C(F)(F)F)CNCCN1C(Cc1ccccc1Cl)c1ccccc1)C(F)(F)F. The second-order valence-corrected chi connectivity index (χ2v) is 7.99. The van der Waals surface area contributed by atoms with Crippen LogP contribution in [-0.2, 0) is 25.5 Å². The molecule has 1 aliphatic rings. The Morgan fingerprint density at radius 3 is 2.03 bits per heavy atom. The van der Waals surface area contributed by atoms with Gasteiger partial charge in [-0.15, -0.1) is 0 Å². The average Bonchev–Trinajstić information content (AvgIpc) is 2.78. The number of hydrogen-bond acceptors (Lipinski definition) is 6. The number of carbonyl (C=O) groups excluding carboxylic acids is 2. The van der Waals surface area contributed by atoms with E-state index in [2.05, 4.69) is 14.8 Å². The van der Waals surface area contributed by atoms with Gasteiger partial charge in [0.15, 0.2) is 0 Å². The number of benzene rings is 2. The van der Waals surface area contributed by atoms with Gasteiger partial charge < -0.3 is 14.8 Å². The molecule has 0 saturated carbocycles. The van der Waals surface area contributed by atoms with E-state index < -0.39 is 42.8 Å². The summed E-state index contributed by atoms with van der Waals surface area (Å²) < 4.78 is 87.6. The third-order valence-corrected chi connectivity index (χ3v) is 5.58. The second-order valence-electron chi connectivity index (χ2n) is 7.58. The van der Waals surface area contributed by atoms with E-state index in [4.69, 9.17) is 11.6 Å². The summed E-state index contributed by atoms with van der Waals surface area (Å²) >= 11 is 6.26. The maximum absolute atomic E-state index is 13.1. The number of nitrogens with zero attached hydrogens (tertiary/aromatic N) is 1. The van der Waals surface area contributed by atoms with E-state index in [1.807, 2.05) is 0 Å². The zero-order valence-electron chi connectivity index (χ0n) is 17.8. The smallest absolute Gasteiger partial charge is 0.400 e. The molecule has 1 N–H and O–H groups in total. The van der Waals surface area contributed by atoms with Gasteiger partial charge in [-0.1, -0.05) is 60.1 Å². The third-order valence-electron chi connectivity index (χ3n) is 5.21. The molecule has 1 unspecified atom stereocenters. The van der Waals surface area contributed by atoms with Gasteiger partial charge in [-0.25, -0.2) is 14.5 Å². The van der Waals surface area contributed by atoms with Crippen LogP contribution < -0.4 is 5.32 Å². The molecule has 190 valence electrons. The molecule has 6 nitrogen and oxygen atoms in total. The molecule has 1 saturated heterocycles. The molecule has 0 bridgehead atoms. The summed E-state index contributed by atoms with van der Waals surface area (Å²) in [4.78, 5) is 24.6. The van der Waals surface area contributed by atoms with Gasteiger partial charge >= 0.3 is 30.2 Å². The summed E-state index contributed by atoms with van der Waals surface area (Å²) in [5.74, 6) is -8.68. The molecule has 0 radical (unpaired) electrons.